The van der Waals surface area contributed by atoms with Crippen LogP contribution in [0, 0.1) is 11.8 Å². The van der Waals surface area contributed by atoms with Gasteiger partial charge in [0.1, 0.15) is 0 Å². The predicted octanol–water partition coefficient (Wildman–Crippen LogP) is 1.44. The molecule has 2 rings (SSSR count). The Hall–Kier alpha value is -0.160. The quantitative estimate of drug-likeness (QED) is 0.537. The number of ether oxygens (including phenoxy) is 3. The third-order valence-corrected chi connectivity index (χ3v) is 3.69. The summed E-state index contributed by atoms with van der Waals surface area (Å²) in [6.07, 6.45) is 5.73. The van der Waals surface area contributed by atoms with Crippen LogP contribution in [0.2, 0.25) is 0 Å². The molecule has 2 fully saturated rings. The Morgan fingerprint density at radius 3 is 2.00 bits per heavy atom. The van der Waals surface area contributed by atoms with Crippen LogP contribution in [-0.4, -0.2) is 52.7 Å². The Labute approximate surface area is 110 Å². The van der Waals surface area contributed by atoms with E-state index in [0.717, 1.165) is 31.0 Å². The van der Waals surface area contributed by atoms with Gasteiger partial charge in [-0.25, -0.2) is 0 Å². The first-order valence-corrected chi connectivity index (χ1v) is 7.29. The number of hydrogen-bond acceptors (Lipinski definition) is 4. The van der Waals surface area contributed by atoms with Crippen LogP contribution in [0.4, 0.5) is 0 Å². The van der Waals surface area contributed by atoms with E-state index in [9.17, 15) is 0 Å². The molecule has 0 aromatic rings. The fraction of sp³-hybridized carbons (Fsp3) is 1.00. The van der Waals surface area contributed by atoms with Gasteiger partial charge in [-0.3, -0.25) is 0 Å². The van der Waals surface area contributed by atoms with E-state index in [-0.39, 0.29) is 0 Å². The Morgan fingerprint density at radius 1 is 0.889 bits per heavy atom. The van der Waals surface area contributed by atoms with Crippen molar-refractivity contribution in [3.8, 4) is 0 Å². The Kier molecular flexibility index (Phi) is 6.41. The van der Waals surface area contributed by atoms with Crippen molar-refractivity contribution in [3.63, 3.8) is 0 Å². The first-order chi connectivity index (χ1) is 8.92. The van der Waals surface area contributed by atoms with Crippen LogP contribution in [0.1, 0.15) is 25.7 Å². The summed E-state index contributed by atoms with van der Waals surface area (Å²) in [5.41, 5.74) is 0. The Balaban J connectivity index is 1.37. The fourth-order valence-corrected chi connectivity index (χ4v) is 2.39. The number of rotatable bonds is 12. The van der Waals surface area contributed by atoms with Crippen molar-refractivity contribution in [1.82, 2.24) is 5.32 Å². The van der Waals surface area contributed by atoms with E-state index in [2.05, 4.69) is 5.32 Å². The molecule has 0 aliphatic heterocycles. The lowest BCUT2D eigenvalue weighted by atomic mass is 10.1. The van der Waals surface area contributed by atoms with Gasteiger partial charge >= 0.3 is 0 Å². The average molecular weight is 257 g/mol. The van der Waals surface area contributed by atoms with Crippen LogP contribution < -0.4 is 5.32 Å². The maximum absolute atomic E-state index is 5.54. The van der Waals surface area contributed by atoms with Gasteiger partial charge < -0.3 is 19.5 Å². The van der Waals surface area contributed by atoms with Crippen molar-refractivity contribution in [2.45, 2.75) is 31.7 Å². The lowest BCUT2D eigenvalue weighted by Gasteiger charge is -2.17. The minimum Gasteiger partial charge on any atom is -0.382 e. The summed E-state index contributed by atoms with van der Waals surface area (Å²) < 4.78 is 15.8. The molecule has 2 saturated carbocycles. The maximum atomic E-state index is 5.54. The molecule has 4 nitrogen and oxygen atoms in total. The topological polar surface area (TPSA) is 39.7 Å². The molecule has 0 heterocycles. The lowest BCUT2D eigenvalue weighted by molar-refractivity contribution is 0.0250. The molecular weight excluding hydrogens is 230 g/mol. The molecule has 0 unspecified atom stereocenters. The lowest BCUT2D eigenvalue weighted by Crippen LogP contribution is -2.35. The molecule has 0 radical (unpaired) electrons. The molecule has 1 N–H and O–H groups in total. The Morgan fingerprint density at radius 2 is 1.44 bits per heavy atom. The van der Waals surface area contributed by atoms with Crippen molar-refractivity contribution >= 4 is 0 Å². The minimum atomic E-state index is 0.656. The smallest absolute Gasteiger partial charge is 0.0701 e. The van der Waals surface area contributed by atoms with Gasteiger partial charge in [0.25, 0.3) is 0 Å². The molecule has 18 heavy (non-hydrogen) atoms. The van der Waals surface area contributed by atoms with Gasteiger partial charge in [0.05, 0.1) is 33.0 Å². The molecule has 106 valence electrons. The van der Waals surface area contributed by atoms with Gasteiger partial charge in [-0.2, -0.15) is 0 Å². The third kappa shape index (κ3) is 5.65. The highest BCUT2D eigenvalue weighted by Gasteiger charge is 2.40. The zero-order chi connectivity index (χ0) is 12.6. The van der Waals surface area contributed by atoms with E-state index in [1.54, 1.807) is 7.11 Å². The predicted molar refractivity (Wildman–Crippen MR) is 70.8 cm³/mol. The first kappa shape index (κ1) is 14.3. The highest BCUT2D eigenvalue weighted by atomic mass is 16.5. The number of nitrogens with one attached hydrogen (secondary N) is 1. The van der Waals surface area contributed by atoms with Gasteiger partial charge in [0, 0.05) is 19.7 Å². The molecule has 0 bridgehead atoms. The van der Waals surface area contributed by atoms with Crippen LogP contribution in [0.3, 0.4) is 0 Å². The molecular formula is C14H27NO3. The summed E-state index contributed by atoms with van der Waals surface area (Å²) in [5.74, 6) is 1.93. The summed E-state index contributed by atoms with van der Waals surface area (Å²) in [7, 11) is 1.68. The molecule has 0 saturated heterocycles. The Bertz CT molecular complexity index is 205. The summed E-state index contributed by atoms with van der Waals surface area (Å²) in [4.78, 5) is 0. The SMILES string of the molecule is COCCOCCOCCNC(C1CC1)C1CC1. The van der Waals surface area contributed by atoms with Crippen LogP contribution >= 0.6 is 0 Å². The van der Waals surface area contributed by atoms with Crippen molar-refractivity contribution in [2.75, 3.05) is 46.7 Å². The molecule has 0 aromatic carbocycles. The largest absolute Gasteiger partial charge is 0.382 e. The standard InChI is InChI=1S/C14H27NO3/c1-16-8-9-18-11-10-17-7-6-15-14(12-2-3-12)13-4-5-13/h12-15H,2-11H2,1H3. The minimum absolute atomic E-state index is 0.656. The molecule has 0 spiro atoms. The van der Waals surface area contributed by atoms with Crippen LogP contribution in [0.25, 0.3) is 0 Å². The monoisotopic (exact) mass is 257 g/mol. The second kappa shape index (κ2) is 8.10. The van der Waals surface area contributed by atoms with Crippen molar-refractivity contribution in [3.05, 3.63) is 0 Å². The zero-order valence-electron chi connectivity index (χ0n) is 11.5. The maximum Gasteiger partial charge on any atom is 0.0701 e. The van der Waals surface area contributed by atoms with Gasteiger partial charge in [-0.05, 0) is 37.5 Å². The van der Waals surface area contributed by atoms with Gasteiger partial charge in [0.2, 0.25) is 0 Å². The molecule has 0 atom stereocenters. The first-order valence-electron chi connectivity index (χ1n) is 7.29. The molecule has 0 amide bonds. The highest BCUT2D eigenvalue weighted by molar-refractivity contribution is 4.96. The number of hydrogen-bond donors (Lipinski definition) is 1. The van der Waals surface area contributed by atoms with Crippen LogP contribution in [-0.2, 0) is 14.2 Å². The van der Waals surface area contributed by atoms with Crippen molar-refractivity contribution in [2.24, 2.45) is 11.8 Å². The van der Waals surface area contributed by atoms with E-state index in [0.29, 0.717) is 26.4 Å². The highest BCUT2D eigenvalue weighted by Crippen LogP contribution is 2.44. The summed E-state index contributed by atoms with van der Waals surface area (Å²) in [5, 5.41) is 3.67. The van der Waals surface area contributed by atoms with E-state index in [1.165, 1.54) is 25.7 Å². The summed E-state index contributed by atoms with van der Waals surface area (Å²) in [6, 6.07) is 0.784. The van der Waals surface area contributed by atoms with E-state index in [1.807, 2.05) is 0 Å². The molecule has 0 aromatic heterocycles. The van der Waals surface area contributed by atoms with Crippen LogP contribution in [0.5, 0.6) is 0 Å². The molecule has 4 heteroatoms. The average Bonchev–Trinajstić information content (AvgIpc) is 3.25. The van der Waals surface area contributed by atoms with Gasteiger partial charge in [-0.1, -0.05) is 0 Å². The second-order valence-corrected chi connectivity index (χ2v) is 5.37. The normalized spacial score (nSPS) is 19.7. The van der Waals surface area contributed by atoms with E-state index >= 15 is 0 Å². The third-order valence-electron chi connectivity index (χ3n) is 3.69. The van der Waals surface area contributed by atoms with Gasteiger partial charge in [-0.15, -0.1) is 0 Å². The van der Waals surface area contributed by atoms with Crippen molar-refractivity contribution in [1.29, 1.82) is 0 Å². The van der Waals surface area contributed by atoms with Gasteiger partial charge in [0.15, 0.2) is 0 Å². The zero-order valence-corrected chi connectivity index (χ0v) is 11.5. The van der Waals surface area contributed by atoms with Crippen molar-refractivity contribution < 1.29 is 14.2 Å². The summed E-state index contributed by atoms with van der Waals surface area (Å²) in [6.45, 7) is 4.44. The van der Waals surface area contributed by atoms with E-state index in [4.69, 9.17) is 14.2 Å². The summed E-state index contributed by atoms with van der Waals surface area (Å²) >= 11 is 0. The molecule has 2 aliphatic carbocycles. The van der Waals surface area contributed by atoms with Crippen LogP contribution in [0.15, 0.2) is 0 Å². The second-order valence-electron chi connectivity index (χ2n) is 5.37. The molecule has 2 aliphatic rings. The van der Waals surface area contributed by atoms with E-state index < -0.39 is 0 Å². The fourth-order valence-electron chi connectivity index (χ4n) is 2.39. The number of methoxy groups -OCH3 is 1.